The van der Waals surface area contributed by atoms with Gasteiger partial charge in [0.2, 0.25) is 5.91 Å². The molecule has 35 heavy (non-hydrogen) atoms. The van der Waals surface area contributed by atoms with Crippen molar-refractivity contribution in [1.29, 1.82) is 0 Å². The van der Waals surface area contributed by atoms with E-state index in [0.717, 1.165) is 82.4 Å². The van der Waals surface area contributed by atoms with Crippen molar-refractivity contribution < 1.29 is 9.21 Å². The molecule has 7 rings (SSSR count). The second-order valence-corrected chi connectivity index (χ2v) is 9.56. The zero-order valence-corrected chi connectivity index (χ0v) is 19.2. The van der Waals surface area contributed by atoms with E-state index in [1.54, 1.807) is 6.26 Å². The van der Waals surface area contributed by atoms with E-state index in [2.05, 4.69) is 58.1 Å². The number of benzene rings is 2. The van der Waals surface area contributed by atoms with Gasteiger partial charge in [-0.25, -0.2) is 4.98 Å². The normalized spacial score (nSPS) is 16.6. The lowest BCUT2D eigenvalue weighted by atomic mass is 9.74. The molecule has 0 radical (unpaired) electrons. The van der Waals surface area contributed by atoms with Gasteiger partial charge in [-0.3, -0.25) is 9.78 Å². The SMILES string of the molecule is O=C1Nc2cc(-c3ccc4occ(Cc5ccc6ncccc6c5)c4n3)ccc2C12CCNCC2. The topological polar surface area (TPSA) is 80.1 Å². The average Bonchev–Trinajstić information content (AvgIpc) is 3.42. The summed E-state index contributed by atoms with van der Waals surface area (Å²) in [6.07, 6.45) is 6.01. The number of hydrogen-bond acceptors (Lipinski definition) is 5. The summed E-state index contributed by atoms with van der Waals surface area (Å²) < 4.78 is 5.83. The highest BCUT2D eigenvalue weighted by Crippen LogP contribution is 2.45. The van der Waals surface area contributed by atoms with E-state index >= 15 is 0 Å². The van der Waals surface area contributed by atoms with Crippen molar-refractivity contribution in [2.75, 3.05) is 18.4 Å². The number of pyridine rings is 2. The third-order valence-corrected chi connectivity index (χ3v) is 7.52. The monoisotopic (exact) mass is 460 g/mol. The summed E-state index contributed by atoms with van der Waals surface area (Å²) in [4.78, 5) is 22.3. The van der Waals surface area contributed by atoms with Gasteiger partial charge in [-0.15, -0.1) is 0 Å². The molecule has 172 valence electrons. The van der Waals surface area contributed by atoms with Gasteiger partial charge in [-0.05, 0) is 73.5 Å². The van der Waals surface area contributed by atoms with Gasteiger partial charge in [0.25, 0.3) is 0 Å². The molecule has 6 heteroatoms. The minimum atomic E-state index is -0.399. The second-order valence-electron chi connectivity index (χ2n) is 9.56. The Balaban J connectivity index is 1.24. The van der Waals surface area contributed by atoms with Crippen molar-refractivity contribution in [3.05, 3.63) is 89.8 Å². The highest BCUT2D eigenvalue weighted by molar-refractivity contribution is 6.07. The highest BCUT2D eigenvalue weighted by Gasteiger charge is 2.47. The Morgan fingerprint density at radius 3 is 2.83 bits per heavy atom. The van der Waals surface area contributed by atoms with Crippen LogP contribution in [0.15, 0.2) is 77.5 Å². The third-order valence-electron chi connectivity index (χ3n) is 7.52. The van der Waals surface area contributed by atoms with Crippen LogP contribution in [0.5, 0.6) is 0 Å². The molecule has 6 nitrogen and oxygen atoms in total. The van der Waals surface area contributed by atoms with Crippen molar-refractivity contribution >= 4 is 33.6 Å². The first-order chi connectivity index (χ1) is 17.2. The molecular weight excluding hydrogens is 436 g/mol. The Bertz CT molecular complexity index is 1610. The number of fused-ring (bicyclic) bond motifs is 4. The fourth-order valence-corrected chi connectivity index (χ4v) is 5.64. The van der Waals surface area contributed by atoms with Gasteiger partial charge in [-0.1, -0.05) is 24.3 Å². The first kappa shape index (κ1) is 20.4. The van der Waals surface area contributed by atoms with Crippen molar-refractivity contribution in [2.24, 2.45) is 0 Å². The van der Waals surface area contributed by atoms with Crippen LogP contribution in [-0.2, 0) is 16.6 Å². The van der Waals surface area contributed by atoms with Crippen LogP contribution >= 0.6 is 0 Å². The van der Waals surface area contributed by atoms with Gasteiger partial charge in [0.05, 0.1) is 22.9 Å². The Morgan fingerprint density at radius 1 is 1.00 bits per heavy atom. The molecule has 2 aromatic carbocycles. The number of anilines is 1. The van der Waals surface area contributed by atoms with Crippen LogP contribution in [0.25, 0.3) is 33.3 Å². The maximum Gasteiger partial charge on any atom is 0.235 e. The van der Waals surface area contributed by atoms with E-state index < -0.39 is 5.41 Å². The molecule has 1 amide bonds. The fourth-order valence-electron chi connectivity index (χ4n) is 5.64. The predicted octanol–water partition coefficient (Wildman–Crippen LogP) is 5.21. The Kier molecular flexibility index (Phi) is 4.51. The molecule has 5 aromatic rings. The number of piperidine rings is 1. The molecule has 5 heterocycles. The number of amides is 1. The number of carbonyl (C=O) groups excluding carboxylic acids is 1. The lowest BCUT2D eigenvalue weighted by molar-refractivity contribution is -0.121. The molecule has 2 aliphatic heterocycles. The van der Waals surface area contributed by atoms with Crippen LogP contribution in [0.2, 0.25) is 0 Å². The Hall–Kier alpha value is -4.03. The molecule has 0 bridgehead atoms. The van der Waals surface area contributed by atoms with E-state index in [1.165, 1.54) is 5.56 Å². The van der Waals surface area contributed by atoms with Crippen molar-refractivity contribution in [2.45, 2.75) is 24.7 Å². The molecule has 0 saturated carbocycles. The third kappa shape index (κ3) is 3.25. The smallest absolute Gasteiger partial charge is 0.235 e. The van der Waals surface area contributed by atoms with Gasteiger partial charge < -0.3 is 15.1 Å². The zero-order valence-electron chi connectivity index (χ0n) is 19.2. The van der Waals surface area contributed by atoms with Crippen LogP contribution in [0.4, 0.5) is 5.69 Å². The molecular formula is C29H24N4O2. The van der Waals surface area contributed by atoms with Gasteiger partial charge in [0, 0.05) is 34.8 Å². The minimum absolute atomic E-state index is 0.122. The van der Waals surface area contributed by atoms with E-state index in [4.69, 9.17) is 9.40 Å². The highest BCUT2D eigenvalue weighted by atomic mass is 16.3. The molecule has 0 unspecified atom stereocenters. The first-order valence-corrected chi connectivity index (χ1v) is 12.1. The van der Waals surface area contributed by atoms with Gasteiger partial charge in [-0.2, -0.15) is 0 Å². The summed E-state index contributed by atoms with van der Waals surface area (Å²) in [5.41, 5.74) is 8.35. The number of furan rings is 1. The molecule has 1 saturated heterocycles. The maximum atomic E-state index is 12.9. The van der Waals surface area contributed by atoms with E-state index in [-0.39, 0.29) is 5.91 Å². The molecule has 1 spiro atoms. The minimum Gasteiger partial charge on any atom is -0.462 e. The fraction of sp³-hybridized carbons (Fsp3) is 0.207. The average molecular weight is 461 g/mol. The molecule has 0 atom stereocenters. The van der Waals surface area contributed by atoms with Gasteiger partial charge >= 0.3 is 0 Å². The standard InChI is InChI=1S/C29H24N4O2/c34-28-29(9-12-30-13-10-29)22-5-4-20(16-25(22)33-28)24-7-8-26-27(32-24)21(17-35-26)15-18-3-6-23-19(14-18)2-1-11-31-23/h1-8,11,14,16-17,30H,9-10,12-13,15H2,(H,33,34). The first-order valence-electron chi connectivity index (χ1n) is 12.1. The van der Waals surface area contributed by atoms with Crippen LogP contribution in [0.3, 0.4) is 0 Å². The number of carbonyl (C=O) groups is 1. The summed E-state index contributed by atoms with van der Waals surface area (Å²) >= 11 is 0. The summed E-state index contributed by atoms with van der Waals surface area (Å²) in [5, 5.41) is 7.63. The second kappa shape index (κ2) is 7.75. The van der Waals surface area contributed by atoms with Crippen LogP contribution < -0.4 is 10.6 Å². The lowest BCUT2D eigenvalue weighted by Gasteiger charge is -2.32. The van der Waals surface area contributed by atoms with Crippen molar-refractivity contribution in [1.82, 2.24) is 15.3 Å². The summed E-state index contributed by atoms with van der Waals surface area (Å²) in [6.45, 7) is 1.73. The molecule has 2 aliphatic rings. The van der Waals surface area contributed by atoms with E-state index in [1.807, 2.05) is 24.4 Å². The lowest BCUT2D eigenvalue weighted by Crippen LogP contribution is -2.44. The number of hydrogen-bond donors (Lipinski definition) is 2. The zero-order chi connectivity index (χ0) is 23.4. The molecule has 0 aliphatic carbocycles. The van der Waals surface area contributed by atoms with Crippen LogP contribution in [0, 0.1) is 0 Å². The Morgan fingerprint density at radius 2 is 1.91 bits per heavy atom. The molecule has 2 N–H and O–H groups in total. The summed E-state index contributed by atoms with van der Waals surface area (Å²) in [6, 6.07) is 20.6. The number of nitrogens with one attached hydrogen (secondary N) is 2. The predicted molar refractivity (Wildman–Crippen MR) is 136 cm³/mol. The number of nitrogens with zero attached hydrogens (tertiary/aromatic N) is 2. The van der Waals surface area contributed by atoms with Crippen molar-refractivity contribution in [3.8, 4) is 11.3 Å². The van der Waals surface area contributed by atoms with Gasteiger partial charge in [0.15, 0.2) is 5.58 Å². The number of aromatic nitrogens is 2. The molecule has 1 fully saturated rings. The summed E-state index contributed by atoms with van der Waals surface area (Å²) in [5.74, 6) is 0.122. The van der Waals surface area contributed by atoms with Crippen LogP contribution in [-0.4, -0.2) is 29.0 Å². The van der Waals surface area contributed by atoms with Crippen LogP contribution in [0.1, 0.15) is 29.5 Å². The maximum absolute atomic E-state index is 12.9. The van der Waals surface area contributed by atoms with Gasteiger partial charge in [0.1, 0.15) is 5.52 Å². The van der Waals surface area contributed by atoms with E-state index in [9.17, 15) is 4.79 Å². The summed E-state index contributed by atoms with van der Waals surface area (Å²) in [7, 11) is 0. The van der Waals surface area contributed by atoms with Crippen molar-refractivity contribution in [3.63, 3.8) is 0 Å². The quantitative estimate of drug-likeness (QED) is 0.387. The number of rotatable bonds is 3. The van der Waals surface area contributed by atoms with E-state index in [0.29, 0.717) is 0 Å². The Labute approximate surface area is 202 Å². The molecule has 3 aromatic heterocycles. The largest absolute Gasteiger partial charge is 0.462 e.